The van der Waals surface area contributed by atoms with E-state index in [0.717, 1.165) is 44.0 Å². The van der Waals surface area contributed by atoms with Crippen LogP contribution in [0, 0.1) is 0 Å². The maximum absolute atomic E-state index is 12.2. The van der Waals surface area contributed by atoms with Gasteiger partial charge in [-0.25, -0.2) is 4.79 Å². The first-order chi connectivity index (χ1) is 14.1. The summed E-state index contributed by atoms with van der Waals surface area (Å²) in [7, 11) is 5.50. The highest BCUT2D eigenvalue weighted by Crippen LogP contribution is 2.19. The number of nitrogens with zero attached hydrogens (tertiary/aromatic N) is 5. The van der Waals surface area contributed by atoms with E-state index in [1.807, 2.05) is 45.6 Å². The first kappa shape index (κ1) is 23.8. The lowest BCUT2D eigenvalue weighted by molar-refractivity contribution is 0.0230. The van der Waals surface area contributed by atoms with E-state index in [2.05, 4.69) is 31.8 Å². The standard InChI is InChI=1S/C21H39N7O2/c1-16(27(7)20(29)30-21(2,3)4)10-11-23-19(22-5)25-17-9-8-12-28(14-17)18-13-24-26(6)15-18/h13,15-17H,8-12,14H2,1-7H3,(H2,22,23,25). The highest BCUT2D eigenvalue weighted by atomic mass is 16.6. The first-order valence-corrected chi connectivity index (χ1v) is 10.8. The van der Waals surface area contributed by atoms with Gasteiger partial charge in [0.25, 0.3) is 0 Å². The molecule has 170 valence electrons. The van der Waals surface area contributed by atoms with Gasteiger partial charge in [0.1, 0.15) is 5.60 Å². The Kier molecular flexibility index (Phi) is 8.37. The normalized spacial score (nSPS) is 18.7. The molecular formula is C21H39N7O2. The fourth-order valence-electron chi connectivity index (χ4n) is 3.40. The number of aromatic nitrogens is 2. The molecule has 2 N–H and O–H groups in total. The molecule has 0 radical (unpaired) electrons. The number of carbonyl (C=O) groups excluding carboxylic acids is 1. The van der Waals surface area contributed by atoms with Gasteiger partial charge < -0.3 is 25.2 Å². The monoisotopic (exact) mass is 421 g/mol. The summed E-state index contributed by atoms with van der Waals surface area (Å²) in [5, 5.41) is 11.2. The van der Waals surface area contributed by atoms with Crippen molar-refractivity contribution in [2.24, 2.45) is 12.0 Å². The van der Waals surface area contributed by atoms with Crippen LogP contribution in [0.15, 0.2) is 17.4 Å². The van der Waals surface area contributed by atoms with Crippen LogP contribution in [0.3, 0.4) is 0 Å². The smallest absolute Gasteiger partial charge is 0.410 e. The minimum atomic E-state index is -0.487. The Morgan fingerprint density at radius 1 is 1.47 bits per heavy atom. The highest BCUT2D eigenvalue weighted by Gasteiger charge is 2.24. The fraction of sp³-hybridized carbons (Fsp3) is 0.762. The SMILES string of the molecule is CN=C(NCCC(C)N(C)C(=O)OC(C)(C)C)NC1CCCN(c2cnn(C)c2)C1. The number of nitrogens with one attached hydrogen (secondary N) is 2. The lowest BCUT2D eigenvalue weighted by Crippen LogP contribution is -2.51. The van der Waals surface area contributed by atoms with E-state index in [0.29, 0.717) is 12.6 Å². The molecule has 1 fully saturated rings. The lowest BCUT2D eigenvalue weighted by Gasteiger charge is -2.34. The summed E-state index contributed by atoms with van der Waals surface area (Å²) in [6, 6.07) is 0.383. The number of guanidine groups is 1. The molecule has 1 aliphatic rings. The van der Waals surface area contributed by atoms with Gasteiger partial charge in [0.05, 0.1) is 11.9 Å². The molecule has 9 heteroatoms. The molecule has 1 amide bonds. The van der Waals surface area contributed by atoms with E-state index in [1.165, 1.54) is 0 Å². The van der Waals surface area contributed by atoms with Crippen molar-refractivity contribution in [3.05, 3.63) is 12.4 Å². The van der Waals surface area contributed by atoms with Crippen LogP contribution in [0.25, 0.3) is 0 Å². The molecule has 2 atom stereocenters. The van der Waals surface area contributed by atoms with Crippen LogP contribution >= 0.6 is 0 Å². The van der Waals surface area contributed by atoms with E-state index >= 15 is 0 Å². The Bertz CT molecular complexity index is 710. The van der Waals surface area contributed by atoms with Gasteiger partial charge in [0.15, 0.2) is 5.96 Å². The summed E-state index contributed by atoms with van der Waals surface area (Å²) >= 11 is 0. The van der Waals surface area contributed by atoms with Crippen molar-refractivity contribution in [2.75, 3.05) is 38.6 Å². The predicted octanol–water partition coefficient (Wildman–Crippen LogP) is 2.20. The van der Waals surface area contributed by atoms with Gasteiger partial charge in [-0.1, -0.05) is 0 Å². The van der Waals surface area contributed by atoms with Gasteiger partial charge >= 0.3 is 6.09 Å². The Morgan fingerprint density at radius 2 is 2.20 bits per heavy atom. The second-order valence-corrected chi connectivity index (χ2v) is 9.03. The predicted molar refractivity (Wildman–Crippen MR) is 121 cm³/mol. The van der Waals surface area contributed by atoms with Gasteiger partial charge in [0.2, 0.25) is 0 Å². The molecule has 2 unspecified atom stereocenters. The molecule has 0 aliphatic carbocycles. The summed E-state index contributed by atoms with van der Waals surface area (Å²) < 4.78 is 7.27. The van der Waals surface area contributed by atoms with Gasteiger partial charge in [-0.05, 0) is 47.0 Å². The quantitative estimate of drug-likeness (QED) is 0.541. The Hall–Kier alpha value is -2.45. The molecule has 0 spiro atoms. The third-order valence-corrected chi connectivity index (χ3v) is 5.24. The molecule has 2 rings (SSSR count). The van der Waals surface area contributed by atoms with Crippen LogP contribution in [0.4, 0.5) is 10.5 Å². The first-order valence-electron chi connectivity index (χ1n) is 10.8. The Morgan fingerprint density at radius 3 is 2.80 bits per heavy atom. The number of carbonyl (C=O) groups is 1. The van der Waals surface area contributed by atoms with Crippen molar-refractivity contribution in [3.63, 3.8) is 0 Å². The molecule has 30 heavy (non-hydrogen) atoms. The van der Waals surface area contributed by atoms with E-state index in [-0.39, 0.29) is 12.1 Å². The maximum atomic E-state index is 12.2. The number of rotatable bonds is 6. The summed E-state index contributed by atoms with van der Waals surface area (Å²) in [6.45, 7) is 10.3. The van der Waals surface area contributed by atoms with Crippen LogP contribution in [-0.4, -0.2) is 78.1 Å². The molecule has 0 aromatic carbocycles. The summed E-state index contributed by atoms with van der Waals surface area (Å²) in [5.41, 5.74) is 0.671. The number of amides is 1. The van der Waals surface area contributed by atoms with Gasteiger partial charge in [0, 0.05) is 59.1 Å². The molecule has 1 aromatic heterocycles. The van der Waals surface area contributed by atoms with Gasteiger partial charge in [-0.2, -0.15) is 5.10 Å². The summed E-state index contributed by atoms with van der Waals surface area (Å²) in [6.07, 6.45) is 6.70. The Labute approximate surface area is 180 Å². The highest BCUT2D eigenvalue weighted by molar-refractivity contribution is 5.80. The minimum absolute atomic E-state index is 0.0567. The number of piperidine rings is 1. The fourth-order valence-corrected chi connectivity index (χ4v) is 3.40. The Balaban J connectivity index is 1.77. The molecule has 2 heterocycles. The zero-order valence-electron chi connectivity index (χ0n) is 19.6. The summed E-state index contributed by atoms with van der Waals surface area (Å²) in [5.74, 6) is 0.792. The van der Waals surface area contributed by atoms with Crippen molar-refractivity contribution in [3.8, 4) is 0 Å². The molecule has 0 saturated carbocycles. The number of anilines is 1. The van der Waals surface area contributed by atoms with Crippen LogP contribution < -0.4 is 15.5 Å². The van der Waals surface area contributed by atoms with Crippen LogP contribution in [0.5, 0.6) is 0 Å². The van der Waals surface area contributed by atoms with Gasteiger partial charge in [-0.15, -0.1) is 0 Å². The van der Waals surface area contributed by atoms with Crippen molar-refractivity contribution >= 4 is 17.7 Å². The van der Waals surface area contributed by atoms with E-state index in [9.17, 15) is 4.79 Å². The van der Waals surface area contributed by atoms with E-state index < -0.39 is 5.60 Å². The maximum Gasteiger partial charge on any atom is 0.410 e. The molecule has 1 aromatic rings. The largest absolute Gasteiger partial charge is 0.444 e. The zero-order chi connectivity index (χ0) is 22.3. The van der Waals surface area contributed by atoms with Crippen molar-refractivity contribution < 1.29 is 9.53 Å². The van der Waals surface area contributed by atoms with Crippen LogP contribution in [0.1, 0.15) is 47.0 Å². The topological polar surface area (TPSA) is 87.0 Å². The molecule has 1 aliphatic heterocycles. The molecular weight excluding hydrogens is 382 g/mol. The second-order valence-electron chi connectivity index (χ2n) is 9.03. The lowest BCUT2D eigenvalue weighted by atomic mass is 10.1. The molecule has 1 saturated heterocycles. The number of hydrogen-bond donors (Lipinski definition) is 2. The average Bonchev–Trinajstić information content (AvgIpc) is 3.11. The number of hydrogen-bond acceptors (Lipinski definition) is 5. The van der Waals surface area contributed by atoms with Crippen molar-refractivity contribution in [1.82, 2.24) is 25.3 Å². The van der Waals surface area contributed by atoms with E-state index in [4.69, 9.17) is 4.74 Å². The van der Waals surface area contributed by atoms with E-state index in [1.54, 1.807) is 19.0 Å². The van der Waals surface area contributed by atoms with Gasteiger partial charge in [-0.3, -0.25) is 9.67 Å². The van der Waals surface area contributed by atoms with Crippen LogP contribution in [-0.2, 0) is 11.8 Å². The van der Waals surface area contributed by atoms with Crippen LogP contribution in [0.2, 0.25) is 0 Å². The minimum Gasteiger partial charge on any atom is -0.444 e. The third kappa shape index (κ3) is 7.42. The number of aliphatic imine (C=N–C) groups is 1. The number of aryl methyl sites for hydroxylation is 1. The number of ether oxygens (including phenoxy) is 1. The average molecular weight is 422 g/mol. The second kappa shape index (κ2) is 10.5. The zero-order valence-corrected chi connectivity index (χ0v) is 19.6. The third-order valence-electron chi connectivity index (χ3n) is 5.24. The van der Waals surface area contributed by atoms with Crippen molar-refractivity contribution in [2.45, 2.75) is 64.6 Å². The molecule has 9 nitrogen and oxygen atoms in total. The summed E-state index contributed by atoms with van der Waals surface area (Å²) in [4.78, 5) is 20.6. The van der Waals surface area contributed by atoms with Crippen molar-refractivity contribution in [1.29, 1.82) is 0 Å². The molecule has 0 bridgehead atoms.